The summed E-state index contributed by atoms with van der Waals surface area (Å²) in [6.07, 6.45) is 3.09. The van der Waals surface area contributed by atoms with Gasteiger partial charge in [0.05, 0.1) is 11.2 Å². The number of para-hydroxylation sites is 1. The molecular weight excluding hydrogens is 277 g/mol. The molecule has 0 radical (unpaired) electrons. The SMILES string of the molecule is CCCCc1nc2c(N)cccc2n1Cc1cccc(F)c1. The highest BCUT2D eigenvalue weighted by Gasteiger charge is 2.12. The Kier molecular flexibility index (Phi) is 4.09. The number of hydrogen-bond donors (Lipinski definition) is 1. The molecule has 2 aromatic carbocycles. The minimum Gasteiger partial charge on any atom is -0.397 e. The molecule has 0 atom stereocenters. The van der Waals surface area contributed by atoms with Crippen molar-refractivity contribution in [1.82, 2.24) is 9.55 Å². The Balaban J connectivity index is 2.07. The van der Waals surface area contributed by atoms with Gasteiger partial charge in [-0.3, -0.25) is 0 Å². The van der Waals surface area contributed by atoms with Gasteiger partial charge in [0.15, 0.2) is 0 Å². The summed E-state index contributed by atoms with van der Waals surface area (Å²) < 4.78 is 15.6. The van der Waals surface area contributed by atoms with Gasteiger partial charge in [-0.2, -0.15) is 0 Å². The predicted molar refractivity (Wildman–Crippen MR) is 88.3 cm³/mol. The number of fused-ring (bicyclic) bond motifs is 1. The van der Waals surface area contributed by atoms with Crippen LogP contribution in [0.1, 0.15) is 31.2 Å². The second kappa shape index (κ2) is 6.18. The summed E-state index contributed by atoms with van der Waals surface area (Å²) in [6.45, 7) is 2.77. The van der Waals surface area contributed by atoms with Gasteiger partial charge < -0.3 is 10.3 Å². The Morgan fingerprint density at radius 3 is 2.77 bits per heavy atom. The van der Waals surface area contributed by atoms with Crippen LogP contribution in [0.4, 0.5) is 10.1 Å². The van der Waals surface area contributed by atoms with Crippen molar-refractivity contribution >= 4 is 16.7 Å². The molecule has 3 aromatic rings. The molecule has 0 unspecified atom stereocenters. The molecule has 1 heterocycles. The second-order valence-electron chi connectivity index (χ2n) is 5.56. The molecule has 3 rings (SSSR count). The summed E-state index contributed by atoms with van der Waals surface area (Å²) in [5.74, 6) is 0.801. The van der Waals surface area contributed by atoms with Crippen molar-refractivity contribution < 1.29 is 4.39 Å². The largest absolute Gasteiger partial charge is 0.397 e. The quantitative estimate of drug-likeness (QED) is 0.719. The summed E-state index contributed by atoms with van der Waals surface area (Å²) in [5, 5.41) is 0. The fourth-order valence-corrected chi connectivity index (χ4v) is 2.74. The first-order valence-corrected chi connectivity index (χ1v) is 7.67. The maximum absolute atomic E-state index is 13.4. The number of nitrogens with zero attached hydrogens (tertiary/aromatic N) is 2. The minimum absolute atomic E-state index is 0.212. The van der Waals surface area contributed by atoms with Crippen molar-refractivity contribution in [2.45, 2.75) is 32.7 Å². The first-order valence-electron chi connectivity index (χ1n) is 7.67. The molecular formula is C18H20FN3. The van der Waals surface area contributed by atoms with Gasteiger partial charge in [-0.15, -0.1) is 0 Å². The number of nitrogens with two attached hydrogens (primary N) is 1. The molecule has 0 bridgehead atoms. The zero-order chi connectivity index (χ0) is 15.5. The lowest BCUT2D eigenvalue weighted by atomic mass is 10.2. The van der Waals surface area contributed by atoms with Gasteiger partial charge >= 0.3 is 0 Å². The van der Waals surface area contributed by atoms with E-state index in [1.165, 1.54) is 6.07 Å². The fraction of sp³-hybridized carbons (Fsp3) is 0.278. The topological polar surface area (TPSA) is 43.8 Å². The molecule has 0 aliphatic rings. The summed E-state index contributed by atoms with van der Waals surface area (Å²) in [5.41, 5.74) is 9.51. The highest BCUT2D eigenvalue weighted by molar-refractivity contribution is 5.87. The third kappa shape index (κ3) is 2.82. The van der Waals surface area contributed by atoms with Gasteiger partial charge in [0.25, 0.3) is 0 Å². The molecule has 3 nitrogen and oxygen atoms in total. The van der Waals surface area contributed by atoms with Crippen molar-refractivity contribution in [2.75, 3.05) is 5.73 Å². The van der Waals surface area contributed by atoms with Gasteiger partial charge in [-0.1, -0.05) is 31.5 Å². The normalized spacial score (nSPS) is 11.2. The van der Waals surface area contributed by atoms with Crippen LogP contribution in [0.2, 0.25) is 0 Å². The van der Waals surface area contributed by atoms with Crippen LogP contribution in [0.3, 0.4) is 0 Å². The maximum atomic E-state index is 13.4. The molecule has 0 amide bonds. The number of benzene rings is 2. The number of halogens is 1. The van der Waals surface area contributed by atoms with E-state index in [9.17, 15) is 4.39 Å². The number of rotatable bonds is 5. The average Bonchev–Trinajstić information content (AvgIpc) is 2.85. The number of anilines is 1. The fourth-order valence-electron chi connectivity index (χ4n) is 2.74. The van der Waals surface area contributed by atoms with Gasteiger partial charge in [-0.05, 0) is 36.2 Å². The average molecular weight is 297 g/mol. The monoisotopic (exact) mass is 297 g/mol. The van der Waals surface area contributed by atoms with Crippen molar-refractivity contribution in [3.05, 3.63) is 59.7 Å². The molecule has 0 spiro atoms. The van der Waals surface area contributed by atoms with E-state index in [1.807, 2.05) is 24.3 Å². The Labute approximate surface area is 129 Å². The number of imidazole rings is 1. The lowest BCUT2D eigenvalue weighted by Gasteiger charge is -2.09. The van der Waals surface area contributed by atoms with Crippen molar-refractivity contribution in [3.63, 3.8) is 0 Å². The summed E-state index contributed by atoms with van der Waals surface area (Å²) in [4.78, 5) is 4.71. The molecule has 0 aliphatic carbocycles. The second-order valence-corrected chi connectivity index (χ2v) is 5.56. The molecule has 114 valence electrons. The standard InChI is InChI=1S/C18H20FN3/c1-2-3-10-17-21-18-15(20)8-5-9-16(18)22(17)12-13-6-4-7-14(19)11-13/h4-9,11H,2-3,10,12,20H2,1H3. The zero-order valence-electron chi connectivity index (χ0n) is 12.7. The highest BCUT2D eigenvalue weighted by atomic mass is 19.1. The van der Waals surface area contributed by atoms with E-state index in [0.29, 0.717) is 12.2 Å². The number of nitrogen functional groups attached to an aromatic ring is 1. The Morgan fingerprint density at radius 1 is 1.18 bits per heavy atom. The Hall–Kier alpha value is -2.36. The van der Waals surface area contributed by atoms with Gasteiger partial charge in [0.2, 0.25) is 0 Å². The van der Waals surface area contributed by atoms with Gasteiger partial charge in [0.1, 0.15) is 17.2 Å². The smallest absolute Gasteiger partial charge is 0.123 e. The lowest BCUT2D eigenvalue weighted by Crippen LogP contribution is -2.05. The molecule has 0 saturated heterocycles. The molecule has 0 fully saturated rings. The maximum Gasteiger partial charge on any atom is 0.123 e. The van der Waals surface area contributed by atoms with Gasteiger partial charge in [-0.25, -0.2) is 9.37 Å². The van der Waals surface area contributed by atoms with Crippen molar-refractivity contribution in [2.24, 2.45) is 0 Å². The molecule has 22 heavy (non-hydrogen) atoms. The van der Waals surface area contributed by atoms with Crippen LogP contribution in [-0.2, 0) is 13.0 Å². The van der Waals surface area contributed by atoms with Crippen LogP contribution >= 0.6 is 0 Å². The van der Waals surface area contributed by atoms with E-state index in [-0.39, 0.29) is 5.82 Å². The molecule has 1 aromatic heterocycles. The van der Waals surface area contributed by atoms with Crippen LogP contribution < -0.4 is 5.73 Å². The highest BCUT2D eigenvalue weighted by Crippen LogP contribution is 2.24. The van der Waals surface area contributed by atoms with Crippen molar-refractivity contribution in [1.29, 1.82) is 0 Å². The number of hydrogen-bond acceptors (Lipinski definition) is 2. The van der Waals surface area contributed by atoms with E-state index in [2.05, 4.69) is 11.5 Å². The minimum atomic E-state index is -0.212. The number of unbranched alkanes of at least 4 members (excludes halogenated alkanes) is 1. The lowest BCUT2D eigenvalue weighted by molar-refractivity contribution is 0.622. The number of aromatic nitrogens is 2. The van der Waals surface area contributed by atoms with E-state index < -0.39 is 0 Å². The third-order valence-electron chi connectivity index (χ3n) is 3.87. The zero-order valence-corrected chi connectivity index (χ0v) is 12.7. The van der Waals surface area contributed by atoms with Crippen molar-refractivity contribution in [3.8, 4) is 0 Å². The van der Waals surface area contributed by atoms with Crippen LogP contribution in [0.5, 0.6) is 0 Å². The Bertz CT molecular complexity index is 792. The molecule has 2 N–H and O–H groups in total. The molecule has 4 heteroatoms. The van der Waals surface area contributed by atoms with E-state index in [4.69, 9.17) is 10.7 Å². The summed E-state index contributed by atoms with van der Waals surface area (Å²) in [6, 6.07) is 12.5. The van der Waals surface area contributed by atoms with Crippen LogP contribution in [0, 0.1) is 5.82 Å². The third-order valence-corrected chi connectivity index (χ3v) is 3.87. The summed E-state index contributed by atoms with van der Waals surface area (Å²) in [7, 11) is 0. The van der Waals surface area contributed by atoms with E-state index in [1.54, 1.807) is 12.1 Å². The van der Waals surface area contributed by atoms with Crippen LogP contribution in [-0.4, -0.2) is 9.55 Å². The van der Waals surface area contributed by atoms with Crippen LogP contribution in [0.25, 0.3) is 11.0 Å². The first kappa shape index (κ1) is 14.6. The summed E-state index contributed by atoms with van der Waals surface area (Å²) >= 11 is 0. The van der Waals surface area contributed by atoms with Gasteiger partial charge in [0, 0.05) is 13.0 Å². The first-order chi connectivity index (χ1) is 10.7. The Morgan fingerprint density at radius 2 is 2.00 bits per heavy atom. The molecule has 0 saturated carbocycles. The van der Waals surface area contributed by atoms with E-state index in [0.717, 1.165) is 41.7 Å². The molecule has 0 aliphatic heterocycles. The van der Waals surface area contributed by atoms with Crippen LogP contribution in [0.15, 0.2) is 42.5 Å². The predicted octanol–water partition coefficient (Wildman–Crippen LogP) is 4.15. The number of aryl methyl sites for hydroxylation is 1. The van der Waals surface area contributed by atoms with E-state index >= 15 is 0 Å².